The van der Waals surface area contributed by atoms with Gasteiger partial charge in [-0.05, 0) is 38.1 Å². The number of hydrogen-bond acceptors (Lipinski definition) is 6. The van der Waals surface area contributed by atoms with Gasteiger partial charge in [0.25, 0.3) is 6.43 Å². The van der Waals surface area contributed by atoms with E-state index < -0.39 is 24.0 Å². The highest BCUT2D eigenvalue weighted by Gasteiger charge is 2.45. The third-order valence-electron chi connectivity index (χ3n) is 3.38. The van der Waals surface area contributed by atoms with Crippen LogP contribution in [0.15, 0.2) is 29.3 Å². The second-order valence-electron chi connectivity index (χ2n) is 5.34. The molecule has 24 heavy (non-hydrogen) atoms. The van der Waals surface area contributed by atoms with Crippen molar-refractivity contribution in [1.29, 1.82) is 0 Å². The van der Waals surface area contributed by atoms with Crippen molar-refractivity contribution in [2.45, 2.75) is 31.9 Å². The van der Waals surface area contributed by atoms with Crippen LogP contribution in [-0.2, 0) is 9.53 Å². The minimum Gasteiger partial charge on any atom is -0.467 e. The van der Waals surface area contributed by atoms with Crippen molar-refractivity contribution < 1.29 is 23.4 Å². The van der Waals surface area contributed by atoms with Crippen molar-refractivity contribution in [1.82, 2.24) is 0 Å². The summed E-state index contributed by atoms with van der Waals surface area (Å²) in [6, 6.07) is 6.00. The van der Waals surface area contributed by atoms with Crippen molar-refractivity contribution in [2.24, 2.45) is 4.99 Å². The Bertz CT molecular complexity index is 737. The number of carbonyl (C=O) groups excluding carboxylic acids is 1. The van der Waals surface area contributed by atoms with Crippen LogP contribution in [0.25, 0.3) is 9.75 Å². The number of aliphatic hydroxyl groups is 1. The van der Waals surface area contributed by atoms with Gasteiger partial charge >= 0.3 is 5.97 Å². The average Bonchev–Trinajstić information content (AvgIpc) is 3.15. The lowest BCUT2D eigenvalue weighted by Gasteiger charge is -2.27. The third-order valence-corrected chi connectivity index (χ3v) is 5.60. The molecule has 0 bridgehead atoms. The first-order valence-corrected chi connectivity index (χ1v) is 8.67. The molecule has 2 atom stereocenters. The molecule has 0 aliphatic rings. The number of alkyl halides is 2. The van der Waals surface area contributed by atoms with Crippen molar-refractivity contribution in [3.8, 4) is 9.75 Å². The van der Waals surface area contributed by atoms with E-state index in [0.29, 0.717) is 4.88 Å². The molecule has 2 aromatic heterocycles. The Morgan fingerprint density at radius 2 is 1.92 bits per heavy atom. The lowest BCUT2D eigenvalue weighted by Crippen LogP contribution is -2.49. The minimum atomic E-state index is -3.13. The van der Waals surface area contributed by atoms with E-state index in [1.165, 1.54) is 22.4 Å². The summed E-state index contributed by atoms with van der Waals surface area (Å²) in [6.07, 6.45) is -1.82. The number of esters is 1. The van der Waals surface area contributed by atoms with E-state index >= 15 is 0 Å². The van der Waals surface area contributed by atoms with Crippen molar-refractivity contribution >= 4 is 34.9 Å². The maximum absolute atomic E-state index is 13.0. The summed E-state index contributed by atoms with van der Waals surface area (Å²) in [7, 11) is 1.06. The summed E-state index contributed by atoms with van der Waals surface area (Å²) in [4.78, 5) is 19.5. The minimum absolute atomic E-state index is 0.690. The SMILES string of the molecule is COC(=O)[C@@H](/N=C/c1ccc(-c2ccc(C)s2)s1)[C@](C)(O)C(F)F. The molecule has 0 radical (unpaired) electrons. The first-order valence-electron chi connectivity index (χ1n) is 7.04. The first-order chi connectivity index (χ1) is 11.3. The van der Waals surface area contributed by atoms with Crippen molar-refractivity contribution in [3.63, 3.8) is 0 Å². The Labute approximate surface area is 146 Å². The van der Waals surface area contributed by atoms with E-state index in [2.05, 4.69) is 9.73 Å². The quantitative estimate of drug-likeness (QED) is 0.620. The number of carbonyl (C=O) groups is 1. The molecule has 1 N–H and O–H groups in total. The van der Waals surface area contributed by atoms with E-state index in [9.17, 15) is 18.7 Å². The van der Waals surface area contributed by atoms with E-state index in [0.717, 1.165) is 23.8 Å². The van der Waals surface area contributed by atoms with Gasteiger partial charge < -0.3 is 9.84 Å². The van der Waals surface area contributed by atoms with Crippen LogP contribution in [-0.4, -0.2) is 42.5 Å². The van der Waals surface area contributed by atoms with E-state index in [1.54, 1.807) is 17.4 Å². The zero-order valence-corrected chi connectivity index (χ0v) is 15.0. The zero-order valence-electron chi connectivity index (χ0n) is 13.3. The third kappa shape index (κ3) is 4.06. The van der Waals surface area contributed by atoms with Gasteiger partial charge in [-0.15, -0.1) is 22.7 Å². The second-order valence-corrected chi connectivity index (χ2v) is 7.75. The number of hydrogen-bond donors (Lipinski definition) is 1. The number of aliphatic imine (C=N–C) groups is 1. The average molecular weight is 373 g/mol. The molecule has 0 unspecified atom stereocenters. The first kappa shape index (κ1) is 18.7. The molecule has 0 amide bonds. The monoisotopic (exact) mass is 373 g/mol. The Morgan fingerprint density at radius 3 is 2.46 bits per heavy atom. The molecule has 0 aliphatic heterocycles. The van der Waals surface area contributed by atoms with Gasteiger partial charge in [0, 0.05) is 25.7 Å². The number of methoxy groups -OCH3 is 1. The zero-order chi connectivity index (χ0) is 17.9. The lowest BCUT2D eigenvalue weighted by molar-refractivity contribution is -0.158. The van der Waals surface area contributed by atoms with Crippen LogP contribution >= 0.6 is 22.7 Å². The van der Waals surface area contributed by atoms with E-state index in [-0.39, 0.29) is 0 Å². The summed E-state index contributed by atoms with van der Waals surface area (Å²) >= 11 is 3.07. The Hall–Kier alpha value is -1.64. The van der Waals surface area contributed by atoms with Crippen LogP contribution in [0.2, 0.25) is 0 Å². The summed E-state index contributed by atoms with van der Waals surface area (Å²) in [5.74, 6) is -1.01. The molecule has 0 aromatic carbocycles. The van der Waals surface area contributed by atoms with Crippen LogP contribution in [0, 0.1) is 6.92 Å². The number of halogens is 2. The van der Waals surface area contributed by atoms with E-state index in [1.807, 2.05) is 25.1 Å². The summed E-state index contributed by atoms with van der Waals surface area (Å²) < 4.78 is 30.4. The lowest BCUT2D eigenvalue weighted by atomic mass is 9.97. The summed E-state index contributed by atoms with van der Waals surface area (Å²) in [5, 5.41) is 9.86. The number of rotatable bonds is 6. The van der Waals surface area contributed by atoms with Crippen molar-refractivity contribution in [2.75, 3.05) is 7.11 Å². The maximum Gasteiger partial charge on any atom is 0.333 e. The van der Waals surface area contributed by atoms with Crippen LogP contribution in [0.5, 0.6) is 0 Å². The predicted octanol–water partition coefficient (Wildman–Crippen LogP) is 3.76. The molecule has 0 saturated carbocycles. The predicted molar refractivity (Wildman–Crippen MR) is 92.4 cm³/mol. The Balaban J connectivity index is 2.23. The molecule has 0 spiro atoms. The molecular formula is C16H17F2NO3S2. The van der Waals surface area contributed by atoms with Crippen LogP contribution < -0.4 is 0 Å². The molecule has 0 aliphatic carbocycles. The molecule has 130 valence electrons. The highest BCUT2D eigenvalue weighted by Crippen LogP contribution is 2.33. The summed E-state index contributed by atoms with van der Waals surface area (Å²) in [6.45, 7) is 2.88. The molecule has 4 nitrogen and oxygen atoms in total. The van der Waals surface area contributed by atoms with Gasteiger partial charge in [0.05, 0.1) is 7.11 Å². The van der Waals surface area contributed by atoms with Crippen LogP contribution in [0.1, 0.15) is 16.7 Å². The highest BCUT2D eigenvalue weighted by molar-refractivity contribution is 7.22. The molecule has 2 heterocycles. The maximum atomic E-state index is 13.0. The standard InChI is InChI=1S/C16H17F2NO3S2/c1-9-4-6-11(23-9)12-7-5-10(24-12)8-19-13(14(20)22-3)16(2,21)15(17)18/h4-8,13,15,21H,1-3H3/b19-8+/t13-,16+/m1/s1. The number of aryl methyl sites for hydroxylation is 1. The highest BCUT2D eigenvalue weighted by atomic mass is 32.1. The number of thiophene rings is 2. The fourth-order valence-corrected chi connectivity index (χ4v) is 3.80. The number of ether oxygens (including phenoxy) is 1. The normalized spacial score (nSPS) is 15.6. The largest absolute Gasteiger partial charge is 0.467 e. The second kappa shape index (κ2) is 7.50. The van der Waals surface area contributed by atoms with Gasteiger partial charge in [-0.2, -0.15) is 0 Å². The van der Waals surface area contributed by atoms with Gasteiger partial charge in [-0.1, -0.05) is 0 Å². The van der Waals surface area contributed by atoms with E-state index in [4.69, 9.17) is 0 Å². The molecule has 8 heteroatoms. The van der Waals surface area contributed by atoms with Gasteiger partial charge in [0.2, 0.25) is 0 Å². The topological polar surface area (TPSA) is 58.9 Å². The van der Waals surface area contributed by atoms with Gasteiger partial charge in [-0.3, -0.25) is 4.99 Å². The Morgan fingerprint density at radius 1 is 1.29 bits per heavy atom. The van der Waals surface area contributed by atoms with Crippen LogP contribution in [0.4, 0.5) is 8.78 Å². The molecule has 0 fully saturated rings. The summed E-state index contributed by atoms with van der Waals surface area (Å²) in [5.41, 5.74) is -2.60. The molecule has 0 saturated heterocycles. The van der Waals surface area contributed by atoms with Crippen molar-refractivity contribution in [3.05, 3.63) is 34.0 Å². The fraction of sp³-hybridized carbons (Fsp3) is 0.375. The van der Waals surface area contributed by atoms with Gasteiger partial charge in [-0.25, -0.2) is 13.6 Å². The molecule has 2 aromatic rings. The number of nitrogens with zero attached hydrogens (tertiary/aromatic N) is 1. The van der Waals surface area contributed by atoms with Gasteiger partial charge in [0.15, 0.2) is 11.6 Å². The Kier molecular flexibility index (Phi) is 5.84. The van der Waals surface area contributed by atoms with Gasteiger partial charge in [0.1, 0.15) is 0 Å². The molecule has 2 rings (SSSR count). The molecular weight excluding hydrogens is 356 g/mol. The smallest absolute Gasteiger partial charge is 0.333 e. The fourth-order valence-electron chi connectivity index (χ4n) is 1.95. The van der Waals surface area contributed by atoms with Crippen LogP contribution in [0.3, 0.4) is 0 Å².